The van der Waals surface area contributed by atoms with Gasteiger partial charge >= 0.3 is 0 Å². The lowest BCUT2D eigenvalue weighted by Gasteiger charge is -2.24. The first-order chi connectivity index (χ1) is 12.7. The lowest BCUT2D eigenvalue weighted by molar-refractivity contribution is -0.101. The largest absolute Gasteiger partial charge is 0.394 e. The van der Waals surface area contributed by atoms with E-state index < -0.39 is 24.4 Å². The zero-order valence-electron chi connectivity index (χ0n) is 16.5. The van der Waals surface area contributed by atoms with Crippen molar-refractivity contribution in [3.05, 3.63) is 12.2 Å². The third-order valence-electron chi connectivity index (χ3n) is 5.07. The topological polar surface area (TPSA) is 79.2 Å². The molecule has 154 valence electrons. The molecule has 5 heteroatoms. The van der Waals surface area contributed by atoms with Crippen molar-refractivity contribution in [3.8, 4) is 0 Å². The van der Waals surface area contributed by atoms with E-state index in [1.165, 1.54) is 57.8 Å². The second kappa shape index (κ2) is 15.6. The van der Waals surface area contributed by atoms with Crippen molar-refractivity contribution in [1.82, 2.24) is 0 Å². The summed E-state index contributed by atoms with van der Waals surface area (Å²) in [7, 11) is 0. The number of hydrogen-bond donors (Lipinski definition) is 3. The van der Waals surface area contributed by atoms with Crippen molar-refractivity contribution in [2.24, 2.45) is 0 Å². The highest BCUT2D eigenvalue weighted by Crippen LogP contribution is 2.20. The molecule has 1 aliphatic rings. The Morgan fingerprint density at radius 2 is 1.54 bits per heavy atom. The molecule has 1 aliphatic heterocycles. The average molecular weight is 373 g/mol. The minimum atomic E-state index is -0.977. The van der Waals surface area contributed by atoms with E-state index in [1.54, 1.807) is 0 Å². The van der Waals surface area contributed by atoms with Crippen molar-refractivity contribution in [2.45, 2.75) is 102 Å². The van der Waals surface area contributed by atoms with Crippen LogP contribution >= 0.6 is 0 Å². The van der Waals surface area contributed by atoms with E-state index in [0.29, 0.717) is 6.61 Å². The molecule has 1 heterocycles. The summed E-state index contributed by atoms with van der Waals surface area (Å²) < 4.78 is 11.0. The van der Waals surface area contributed by atoms with Gasteiger partial charge in [0, 0.05) is 6.61 Å². The van der Waals surface area contributed by atoms with Crippen LogP contribution in [0.4, 0.5) is 0 Å². The fraction of sp³-hybridized carbons (Fsp3) is 0.905. The fourth-order valence-corrected chi connectivity index (χ4v) is 3.38. The van der Waals surface area contributed by atoms with Crippen LogP contribution in [0.25, 0.3) is 0 Å². The van der Waals surface area contributed by atoms with E-state index >= 15 is 0 Å². The van der Waals surface area contributed by atoms with Crippen molar-refractivity contribution in [3.63, 3.8) is 0 Å². The minimum absolute atomic E-state index is 0.0987. The Hall–Kier alpha value is -0.460. The highest BCUT2D eigenvalue weighted by Gasteiger charge is 2.40. The van der Waals surface area contributed by atoms with E-state index in [1.807, 2.05) is 0 Å². The number of unbranched alkanes of at least 4 members (excludes halogenated alkanes) is 10. The van der Waals surface area contributed by atoms with Crippen molar-refractivity contribution in [1.29, 1.82) is 0 Å². The maximum atomic E-state index is 9.81. The third kappa shape index (κ3) is 10.0. The molecule has 26 heavy (non-hydrogen) atoms. The highest BCUT2D eigenvalue weighted by molar-refractivity contribution is 4.88. The summed E-state index contributed by atoms with van der Waals surface area (Å²) in [6.45, 7) is 2.53. The van der Waals surface area contributed by atoms with Crippen molar-refractivity contribution >= 4 is 0 Å². The summed E-state index contributed by atoms with van der Waals surface area (Å²) in [5, 5.41) is 28.7. The third-order valence-corrected chi connectivity index (χ3v) is 5.07. The molecule has 0 unspecified atom stereocenters. The Bertz CT molecular complexity index is 347. The predicted molar refractivity (Wildman–Crippen MR) is 104 cm³/mol. The van der Waals surface area contributed by atoms with Crippen LogP contribution in [0.3, 0.4) is 0 Å². The summed E-state index contributed by atoms with van der Waals surface area (Å²) >= 11 is 0. The van der Waals surface area contributed by atoms with E-state index in [4.69, 9.17) is 9.47 Å². The van der Waals surface area contributed by atoms with E-state index in [-0.39, 0.29) is 13.2 Å². The summed E-state index contributed by atoms with van der Waals surface area (Å²) in [6.07, 6.45) is 15.2. The average Bonchev–Trinajstić information content (AvgIpc) is 2.98. The van der Waals surface area contributed by atoms with Gasteiger partial charge in [-0.15, -0.1) is 0 Å². The van der Waals surface area contributed by atoms with Crippen LogP contribution < -0.4 is 0 Å². The van der Waals surface area contributed by atoms with Gasteiger partial charge in [-0.1, -0.05) is 63.5 Å². The second-order valence-corrected chi connectivity index (χ2v) is 7.34. The molecule has 1 saturated heterocycles. The molecule has 3 N–H and O–H groups in total. The van der Waals surface area contributed by atoms with Crippen LogP contribution in [-0.2, 0) is 9.47 Å². The molecule has 0 aromatic carbocycles. The maximum Gasteiger partial charge on any atom is 0.114 e. The van der Waals surface area contributed by atoms with Crippen LogP contribution in [-0.4, -0.2) is 59.6 Å². The van der Waals surface area contributed by atoms with Gasteiger partial charge < -0.3 is 24.8 Å². The molecule has 1 fully saturated rings. The molecular weight excluding hydrogens is 332 g/mol. The number of ether oxygens (including phenoxy) is 2. The highest BCUT2D eigenvalue weighted by atomic mass is 16.6. The molecular formula is C21H40O5. The molecule has 0 bridgehead atoms. The van der Waals surface area contributed by atoms with Crippen LogP contribution in [0, 0.1) is 0 Å². The first kappa shape index (κ1) is 23.6. The Morgan fingerprint density at radius 1 is 0.962 bits per heavy atom. The lowest BCUT2D eigenvalue weighted by Crippen LogP contribution is -2.42. The Balaban J connectivity index is 1.88. The van der Waals surface area contributed by atoms with Gasteiger partial charge in [-0.25, -0.2) is 0 Å². The van der Waals surface area contributed by atoms with Gasteiger partial charge in [0.2, 0.25) is 0 Å². The monoisotopic (exact) mass is 372 g/mol. The predicted octanol–water partition coefficient (Wildman–Crippen LogP) is 3.35. The summed E-state index contributed by atoms with van der Waals surface area (Å²) in [5.74, 6) is 0. The Labute approximate surface area is 159 Å². The molecule has 0 aromatic rings. The van der Waals surface area contributed by atoms with Gasteiger partial charge in [0.05, 0.1) is 13.2 Å². The maximum absolute atomic E-state index is 9.81. The standard InChI is InChI=1S/C21H40O5/c1-2-3-4-5-6-7-8-9-10-11-12-13-14-15-25-19(16-22)21-20(24)18(23)17-26-21/h2-3,18-24H,4-17H2,1H3/b3-2+/t18-,19+,20-,21-/m1/s1. The van der Waals surface area contributed by atoms with Gasteiger partial charge in [-0.2, -0.15) is 0 Å². The molecule has 0 amide bonds. The zero-order chi connectivity index (χ0) is 19.0. The van der Waals surface area contributed by atoms with Crippen LogP contribution in [0.5, 0.6) is 0 Å². The molecule has 0 radical (unpaired) electrons. The molecule has 4 atom stereocenters. The normalized spacial score (nSPS) is 24.5. The molecule has 0 saturated carbocycles. The quantitative estimate of drug-likeness (QED) is 0.286. The minimum Gasteiger partial charge on any atom is -0.394 e. The van der Waals surface area contributed by atoms with Gasteiger partial charge in [0.1, 0.15) is 24.4 Å². The summed E-state index contributed by atoms with van der Waals surface area (Å²) in [6, 6.07) is 0. The summed E-state index contributed by atoms with van der Waals surface area (Å²) in [4.78, 5) is 0. The first-order valence-electron chi connectivity index (χ1n) is 10.5. The number of rotatable bonds is 16. The van der Waals surface area contributed by atoms with E-state index in [2.05, 4.69) is 19.1 Å². The SMILES string of the molecule is C/C=C/CCCCCCCCCCCCO[C@@H](CO)[C@H]1OC[C@@H](O)[C@H]1O. The summed E-state index contributed by atoms with van der Waals surface area (Å²) in [5.41, 5.74) is 0. The van der Waals surface area contributed by atoms with E-state index in [9.17, 15) is 15.3 Å². The number of hydrogen-bond acceptors (Lipinski definition) is 5. The van der Waals surface area contributed by atoms with Crippen molar-refractivity contribution < 1.29 is 24.8 Å². The van der Waals surface area contributed by atoms with Gasteiger partial charge in [-0.05, 0) is 26.2 Å². The van der Waals surface area contributed by atoms with Crippen molar-refractivity contribution in [2.75, 3.05) is 19.8 Å². The zero-order valence-corrected chi connectivity index (χ0v) is 16.5. The smallest absolute Gasteiger partial charge is 0.114 e. The molecule has 5 nitrogen and oxygen atoms in total. The van der Waals surface area contributed by atoms with Gasteiger partial charge in [-0.3, -0.25) is 0 Å². The molecule has 0 aliphatic carbocycles. The number of aliphatic hydroxyl groups excluding tert-OH is 3. The molecule has 1 rings (SSSR count). The van der Waals surface area contributed by atoms with Crippen LogP contribution in [0.15, 0.2) is 12.2 Å². The second-order valence-electron chi connectivity index (χ2n) is 7.34. The van der Waals surface area contributed by atoms with Crippen LogP contribution in [0.1, 0.15) is 77.6 Å². The Morgan fingerprint density at radius 3 is 2.04 bits per heavy atom. The van der Waals surface area contributed by atoms with Crippen LogP contribution in [0.2, 0.25) is 0 Å². The molecule has 0 aromatic heterocycles. The fourth-order valence-electron chi connectivity index (χ4n) is 3.38. The van der Waals surface area contributed by atoms with Gasteiger partial charge in [0.15, 0.2) is 0 Å². The number of allylic oxidation sites excluding steroid dienone is 2. The Kier molecular flexibility index (Phi) is 14.1. The molecule has 0 spiro atoms. The number of aliphatic hydroxyl groups is 3. The lowest BCUT2D eigenvalue weighted by atomic mass is 10.1. The van der Waals surface area contributed by atoms with E-state index in [0.717, 1.165) is 12.8 Å². The van der Waals surface area contributed by atoms with Gasteiger partial charge in [0.25, 0.3) is 0 Å². The first-order valence-corrected chi connectivity index (χ1v) is 10.5.